The third kappa shape index (κ3) is 6.96. The number of Topliss-reactive ketones (excluding diaryl/α,β-unsaturated/α-hetero) is 1. The number of piperazine rings is 1. The maximum atomic E-state index is 15.0. The molecule has 0 radical (unpaired) electrons. The Morgan fingerprint density at radius 2 is 1.85 bits per heavy atom. The molecule has 4 rings (SSSR count). The number of carbonyl (C=O) groups is 3. The van der Waals surface area contributed by atoms with Gasteiger partial charge in [0, 0.05) is 44.6 Å². The topological polar surface area (TPSA) is 102 Å². The Bertz CT molecular complexity index is 1260. The fourth-order valence-electron chi connectivity index (χ4n) is 4.45. The Hall–Kier alpha value is -3.87. The first kappa shape index (κ1) is 28.1. The molecule has 2 saturated heterocycles. The molecule has 2 fully saturated rings. The molecule has 2 amide bonds. The molecule has 1 atom stereocenters. The standard InChI is InChI=1S/C26H27F3N4O5S/c27-20-13-17(33-15-19(38-26(33)37)14-30-25(39)24(28)29)4-5-21(20)31-8-10-32(11-9-31)23(36)7-6-22(35)16-2-1-3-18(34)12-16/h1-5,12-13,19,24,34H,6-11,14-15H2,(H,30,39)/t19-/m0/s1. The molecule has 0 bridgehead atoms. The molecule has 39 heavy (non-hydrogen) atoms. The van der Waals surface area contributed by atoms with E-state index in [9.17, 15) is 28.3 Å². The van der Waals surface area contributed by atoms with Crippen LogP contribution in [0.25, 0.3) is 0 Å². The van der Waals surface area contributed by atoms with Gasteiger partial charge in [-0.2, -0.15) is 0 Å². The van der Waals surface area contributed by atoms with Gasteiger partial charge < -0.3 is 25.0 Å². The molecule has 2 aromatic rings. The molecule has 2 aliphatic heterocycles. The fraction of sp³-hybridized carbons (Fsp3) is 0.385. The summed E-state index contributed by atoms with van der Waals surface area (Å²) < 4.78 is 45.3. The summed E-state index contributed by atoms with van der Waals surface area (Å²) >= 11 is 4.51. The maximum absolute atomic E-state index is 15.0. The Balaban J connectivity index is 1.27. The van der Waals surface area contributed by atoms with Crippen LogP contribution in [0.15, 0.2) is 42.5 Å². The number of rotatable bonds is 9. The number of hydrogen-bond donors (Lipinski definition) is 2. The highest BCUT2D eigenvalue weighted by molar-refractivity contribution is 7.80. The van der Waals surface area contributed by atoms with Crippen molar-refractivity contribution in [1.29, 1.82) is 0 Å². The van der Waals surface area contributed by atoms with Crippen molar-refractivity contribution in [2.45, 2.75) is 25.4 Å². The number of thiocarbonyl (C=S) groups is 1. The van der Waals surface area contributed by atoms with E-state index in [0.29, 0.717) is 37.4 Å². The van der Waals surface area contributed by atoms with Gasteiger partial charge in [0.25, 0.3) is 6.43 Å². The van der Waals surface area contributed by atoms with Crippen molar-refractivity contribution in [3.63, 3.8) is 0 Å². The van der Waals surface area contributed by atoms with Crippen LogP contribution < -0.4 is 15.1 Å². The number of aromatic hydroxyl groups is 1. The second-order valence-corrected chi connectivity index (χ2v) is 9.58. The number of ether oxygens (including phenoxy) is 1. The van der Waals surface area contributed by atoms with Crippen molar-refractivity contribution in [2.75, 3.05) is 49.1 Å². The molecule has 2 aromatic carbocycles. The van der Waals surface area contributed by atoms with Crippen LogP contribution in [0, 0.1) is 5.82 Å². The van der Waals surface area contributed by atoms with Crippen LogP contribution in [-0.2, 0) is 9.53 Å². The number of ketones is 1. The smallest absolute Gasteiger partial charge is 0.414 e. The van der Waals surface area contributed by atoms with Crippen molar-refractivity contribution in [3.05, 3.63) is 53.8 Å². The lowest BCUT2D eigenvalue weighted by molar-refractivity contribution is -0.131. The summed E-state index contributed by atoms with van der Waals surface area (Å²) in [6.07, 6.45) is -4.19. The van der Waals surface area contributed by atoms with Gasteiger partial charge in [-0.1, -0.05) is 24.4 Å². The number of hydrogen-bond acceptors (Lipinski definition) is 7. The fourth-order valence-corrected chi connectivity index (χ4v) is 4.53. The molecule has 2 N–H and O–H groups in total. The first-order chi connectivity index (χ1) is 18.6. The molecule has 0 spiro atoms. The van der Waals surface area contributed by atoms with Crippen molar-refractivity contribution in [3.8, 4) is 5.75 Å². The predicted octanol–water partition coefficient (Wildman–Crippen LogP) is 3.35. The van der Waals surface area contributed by atoms with Crippen molar-refractivity contribution < 1.29 is 37.4 Å². The average molecular weight is 565 g/mol. The zero-order valence-electron chi connectivity index (χ0n) is 20.8. The molecule has 0 saturated carbocycles. The summed E-state index contributed by atoms with van der Waals surface area (Å²) in [5, 5.41) is 11.9. The number of alkyl halides is 2. The van der Waals surface area contributed by atoms with E-state index in [4.69, 9.17) is 4.74 Å². The average Bonchev–Trinajstić information content (AvgIpc) is 3.30. The molecule has 0 unspecified atom stereocenters. The van der Waals surface area contributed by atoms with Gasteiger partial charge in [-0.15, -0.1) is 0 Å². The van der Waals surface area contributed by atoms with E-state index >= 15 is 4.39 Å². The Morgan fingerprint density at radius 3 is 2.51 bits per heavy atom. The van der Waals surface area contributed by atoms with Crippen LogP contribution in [-0.4, -0.2) is 84.6 Å². The normalized spacial score (nSPS) is 17.4. The molecule has 2 heterocycles. The van der Waals surface area contributed by atoms with Crippen LogP contribution in [0.2, 0.25) is 0 Å². The number of phenols is 1. The highest BCUT2D eigenvalue weighted by Gasteiger charge is 2.33. The SMILES string of the molecule is O=C(CCC(=O)N1CCN(c2ccc(N3C[C@H](CNC(=S)C(F)F)OC3=O)cc2F)CC1)c1cccc(O)c1. The van der Waals surface area contributed by atoms with E-state index in [-0.39, 0.29) is 49.1 Å². The summed E-state index contributed by atoms with van der Waals surface area (Å²) in [5.41, 5.74) is 0.931. The lowest BCUT2D eigenvalue weighted by Gasteiger charge is -2.36. The van der Waals surface area contributed by atoms with E-state index < -0.39 is 29.4 Å². The Labute approximate surface area is 228 Å². The number of cyclic esters (lactones) is 1. The highest BCUT2D eigenvalue weighted by Crippen LogP contribution is 2.28. The largest absolute Gasteiger partial charge is 0.508 e. The van der Waals surface area contributed by atoms with E-state index in [1.165, 1.54) is 23.1 Å². The molecular formula is C26H27F3N4O5S. The van der Waals surface area contributed by atoms with Crippen LogP contribution in [0.3, 0.4) is 0 Å². The number of phenolic OH excluding ortho intramolecular Hbond substituents is 1. The lowest BCUT2D eigenvalue weighted by atomic mass is 10.1. The zero-order valence-corrected chi connectivity index (χ0v) is 21.6. The third-order valence-electron chi connectivity index (χ3n) is 6.53. The van der Waals surface area contributed by atoms with E-state index in [0.717, 1.165) is 0 Å². The van der Waals surface area contributed by atoms with Gasteiger partial charge in [-0.3, -0.25) is 14.5 Å². The second-order valence-electron chi connectivity index (χ2n) is 9.14. The van der Waals surface area contributed by atoms with Crippen LogP contribution in [0.1, 0.15) is 23.2 Å². The molecule has 0 aliphatic carbocycles. The molecule has 208 valence electrons. The minimum Gasteiger partial charge on any atom is -0.508 e. The van der Waals surface area contributed by atoms with Gasteiger partial charge >= 0.3 is 6.09 Å². The van der Waals surface area contributed by atoms with Gasteiger partial charge in [0.15, 0.2) is 5.78 Å². The van der Waals surface area contributed by atoms with Crippen LogP contribution in [0.5, 0.6) is 5.75 Å². The van der Waals surface area contributed by atoms with Crippen LogP contribution in [0.4, 0.5) is 29.3 Å². The number of nitrogens with one attached hydrogen (secondary N) is 1. The Kier molecular flexibility index (Phi) is 8.90. The van der Waals surface area contributed by atoms with Gasteiger partial charge in [-0.05, 0) is 30.3 Å². The van der Waals surface area contributed by atoms with Gasteiger partial charge in [0.1, 0.15) is 22.7 Å². The number of carbonyl (C=O) groups excluding carboxylic acids is 3. The third-order valence-corrected chi connectivity index (χ3v) is 6.85. The first-order valence-corrected chi connectivity index (χ1v) is 12.7. The number of nitrogens with zero attached hydrogens (tertiary/aromatic N) is 3. The van der Waals surface area contributed by atoms with Gasteiger partial charge in [0.2, 0.25) is 5.91 Å². The minimum absolute atomic E-state index is 0.0156. The number of anilines is 2. The summed E-state index contributed by atoms with van der Waals surface area (Å²) in [6, 6.07) is 10.3. The van der Waals surface area contributed by atoms with Crippen LogP contribution >= 0.6 is 12.2 Å². The van der Waals surface area contributed by atoms with E-state index in [1.807, 2.05) is 0 Å². The molecular weight excluding hydrogens is 537 g/mol. The number of benzene rings is 2. The predicted molar refractivity (Wildman–Crippen MR) is 141 cm³/mol. The molecule has 9 nitrogen and oxygen atoms in total. The monoisotopic (exact) mass is 564 g/mol. The minimum atomic E-state index is -2.81. The first-order valence-electron chi connectivity index (χ1n) is 12.3. The maximum Gasteiger partial charge on any atom is 0.414 e. The summed E-state index contributed by atoms with van der Waals surface area (Å²) in [4.78, 5) is 41.2. The lowest BCUT2D eigenvalue weighted by Crippen LogP contribution is -2.49. The molecule has 0 aromatic heterocycles. The van der Waals surface area contributed by atoms with E-state index in [2.05, 4.69) is 17.5 Å². The Morgan fingerprint density at radius 1 is 1.10 bits per heavy atom. The highest BCUT2D eigenvalue weighted by atomic mass is 32.1. The summed E-state index contributed by atoms with van der Waals surface area (Å²) in [7, 11) is 0. The molecule has 13 heteroatoms. The molecule has 2 aliphatic rings. The van der Waals surface area contributed by atoms with E-state index in [1.54, 1.807) is 34.1 Å². The number of halogens is 3. The zero-order chi connectivity index (χ0) is 28.1. The number of amides is 2. The van der Waals surface area contributed by atoms with Gasteiger partial charge in [-0.25, -0.2) is 18.0 Å². The van der Waals surface area contributed by atoms with Crippen molar-refractivity contribution in [2.24, 2.45) is 0 Å². The van der Waals surface area contributed by atoms with Crippen molar-refractivity contribution in [1.82, 2.24) is 10.2 Å². The second kappa shape index (κ2) is 12.3. The van der Waals surface area contributed by atoms with Crippen molar-refractivity contribution >= 4 is 46.4 Å². The van der Waals surface area contributed by atoms with Gasteiger partial charge in [0.05, 0.1) is 24.5 Å². The quantitative estimate of drug-likeness (QED) is 0.353. The summed E-state index contributed by atoms with van der Waals surface area (Å²) in [5.74, 6) is -0.985. The summed E-state index contributed by atoms with van der Waals surface area (Å²) in [6.45, 7) is 1.43.